The van der Waals surface area contributed by atoms with Crippen molar-refractivity contribution in [1.82, 2.24) is 4.98 Å². The third-order valence-corrected chi connectivity index (χ3v) is 3.03. The van der Waals surface area contributed by atoms with E-state index in [0.29, 0.717) is 5.92 Å². The van der Waals surface area contributed by atoms with Crippen molar-refractivity contribution in [3.05, 3.63) is 41.2 Å². The van der Waals surface area contributed by atoms with E-state index in [1.807, 2.05) is 6.20 Å². The Hall–Kier alpha value is -1.37. The van der Waals surface area contributed by atoms with Crippen LogP contribution in [-0.4, -0.2) is 4.98 Å². The van der Waals surface area contributed by atoms with Gasteiger partial charge in [0.25, 0.3) is 0 Å². The number of allylic oxidation sites excluding steroid dienone is 2. The lowest BCUT2D eigenvalue weighted by atomic mass is 9.92. The average Bonchev–Trinajstić information content (AvgIpc) is 2.38. The Bertz CT molecular complexity index is 451. The normalized spacial score (nSPS) is 17.3. The van der Waals surface area contributed by atoms with Crippen LogP contribution in [0, 0.1) is 5.41 Å². The fourth-order valence-corrected chi connectivity index (χ4v) is 1.97. The SMILES string of the molecule is CC(C)c1ccnc2c1C=CC(C)(C)C=C2. The van der Waals surface area contributed by atoms with Crippen LogP contribution in [-0.2, 0) is 0 Å². The van der Waals surface area contributed by atoms with Crippen molar-refractivity contribution in [1.29, 1.82) is 0 Å². The molecule has 0 amide bonds. The van der Waals surface area contributed by atoms with Crippen molar-refractivity contribution >= 4 is 12.2 Å². The molecule has 0 atom stereocenters. The zero-order chi connectivity index (χ0) is 11.8. The van der Waals surface area contributed by atoms with Gasteiger partial charge in [0, 0.05) is 17.2 Å². The first kappa shape index (κ1) is 11.1. The summed E-state index contributed by atoms with van der Waals surface area (Å²) in [6, 6.07) is 2.12. The van der Waals surface area contributed by atoms with E-state index in [1.54, 1.807) is 0 Å². The molecule has 1 heterocycles. The van der Waals surface area contributed by atoms with Gasteiger partial charge < -0.3 is 0 Å². The van der Waals surface area contributed by atoms with Gasteiger partial charge in [-0.2, -0.15) is 0 Å². The molecule has 16 heavy (non-hydrogen) atoms. The lowest BCUT2D eigenvalue weighted by molar-refractivity contribution is 0.633. The van der Waals surface area contributed by atoms with Crippen molar-refractivity contribution in [2.45, 2.75) is 33.6 Å². The molecule has 0 fully saturated rings. The molecule has 0 saturated carbocycles. The first-order chi connectivity index (χ1) is 7.49. The molecule has 1 heteroatoms. The molecular formula is C15H19N. The second-order valence-corrected chi connectivity index (χ2v) is 5.34. The summed E-state index contributed by atoms with van der Waals surface area (Å²) < 4.78 is 0. The number of hydrogen-bond acceptors (Lipinski definition) is 1. The molecule has 0 bridgehead atoms. The molecule has 1 aliphatic carbocycles. The van der Waals surface area contributed by atoms with Gasteiger partial charge in [0.15, 0.2) is 0 Å². The molecule has 84 valence electrons. The average molecular weight is 213 g/mol. The maximum absolute atomic E-state index is 4.45. The van der Waals surface area contributed by atoms with Crippen molar-refractivity contribution in [3.63, 3.8) is 0 Å². The van der Waals surface area contributed by atoms with E-state index in [0.717, 1.165) is 5.69 Å². The summed E-state index contributed by atoms with van der Waals surface area (Å²) in [7, 11) is 0. The van der Waals surface area contributed by atoms with E-state index in [9.17, 15) is 0 Å². The highest BCUT2D eigenvalue weighted by molar-refractivity contribution is 5.68. The Morgan fingerprint density at radius 2 is 1.81 bits per heavy atom. The van der Waals surface area contributed by atoms with Gasteiger partial charge in [0.2, 0.25) is 0 Å². The molecule has 0 N–H and O–H groups in total. The number of aromatic nitrogens is 1. The molecule has 0 aliphatic heterocycles. The highest BCUT2D eigenvalue weighted by Gasteiger charge is 2.15. The van der Waals surface area contributed by atoms with Crippen LogP contribution in [0.2, 0.25) is 0 Å². The molecule has 1 aromatic rings. The third kappa shape index (κ3) is 2.08. The third-order valence-electron chi connectivity index (χ3n) is 3.03. The van der Waals surface area contributed by atoms with Crippen LogP contribution >= 0.6 is 0 Å². The van der Waals surface area contributed by atoms with Crippen LogP contribution in [0.1, 0.15) is 50.4 Å². The molecule has 0 saturated heterocycles. The van der Waals surface area contributed by atoms with Crippen LogP contribution in [0.15, 0.2) is 24.4 Å². The predicted octanol–water partition coefficient (Wildman–Crippen LogP) is 4.27. The summed E-state index contributed by atoms with van der Waals surface area (Å²) in [4.78, 5) is 4.45. The lowest BCUT2D eigenvalue weighted by Gasteiger charge is -2.12. The van der Waals surface area contributed by atoms with Crippen LogP contribution in [0.25, 0.3) is 12.2 Å². The first-order valence-electron chi connectivity index (χ1n) is 5.87. The fraction of sp³-hybridized carbons (Fsp3) is 0.400. The Morgan fingerprint density at radius 1 is 1.12 bits per heavy atom. The van der Waals surface area contributed by atoms with Gasteiger partial charge in [-0.15, -0.1) is 0 Å². The number of rotatable bonds is 1. The standard InChI is InChI=1S/C15H19N/c1-11(2)12-7-10-16-14-6-9-15(3,4)8-5-13(12)14/h5-11H,1-4H3. The molecule has 2 rings (SSSR count). The maximum Gasteiger partial charge on any atom is 0.0701 e. The highest BCUT2D eigenvalue weighted by Crippen LogP contribution is 2.30. The first-order valence-corrected chi connectivity index (χ1v) is 5.87. The van der Waals surface area contributed by atoms with Gasteiger partial charge in [-0.3, -0.25) is 4.98 Å². The number of fused-ring (bicyclic) bond motifs is 1. The van der Waals surface area contributed by atoms with Gasteiger partial charge in [0.1, 0.15) is 0 Å². The summed E-state index contributed by atoms with van der Waals surface area (Å²) in [6.07, 6.45) is 10.7. The minimum absolute atomic E-state index is 0.120. The lowest BCUT2D eigenvalue weighted by Crippen LogP contribution is -2.00. The quantitative estimate of drug-likeness (QED) is 0.678. The summed E-state index contributed by atoms with van der Waals surface area (Å²) in [5.41, 5.74) is 3.87. The van der Waals surface area contributed by atoms with Crippen LogP contribution in [0.3, 0.4) is 0 Å². The van der Waals surface area contributed by atoms with Crippen LogP contribution in [0.5, 0.6) is 0 Å². The van der Waals surface area contributed by atoms with E-state index in [-0.39, 0.29) is 5.41 Å². The molecule has 1 nitrogen and oxygen atoms in total. The maximum atomic E-state index is 4.45. The number of pyridine rings is 1. The van der Waals surface area contributed by atoms with E-state index >= 15 is 0 Å². The van der Waals surface area contributed by atoms with Crippen molar-refractivity contribution < 1.29 is 0 Å². The largest absolute Gasteiger partial charge is 0.256 e. The Kier molecular flexibility index (Phi) is 2.71. The van der Waals surface area contributed by atoms with Crippen molar-refractivity contribution in [3.8, 4) is 0 Å². The monoisotopic (exact) mass is 213 g/mol. The molecular weight excluding hydrogens is 194 g/mol. The Labute approximate surface area is 97.9 Å². The number of hydrogen-bond donors (Lipinski definition) is 0. The summed E-state index contributed by atoms with van der Waals surface area (Å²) >= 11 is 0. The van der Waals surface area contributed by atoms with E-state index in [2.05, 4.69) is 63.0 Å². The zero-order valence-electron chi connectivity index (χ0n) is 10.5. The second-order valence-electron chi connectivity index (χ2n) is 5.34. The van der Waals surface area contributed by atoms with E-state index < -0.39 is 0 Å². The summed E-state index contributed by atoms with van der Waals surface area (Å²) in [5.74, 6) is 0.538. The molecule has 0 aromatic carbocycles. The molecule has 0 unspecified atom stereocenters. The van der Waals surface area contributed by atoms with Gasteiger partial charge in [-0.25, -0.2) is 0 Å². The van der Waals surface area contributed by atoms with Gasteiger partial charge >= 0.3 is 0 Å². The fourth-order valence-electron chi connectivity index (χ4n) is 1.97. The minimum atomic E-state index is 0.120. The predicted molar refractivity (Wildman–Crippen MR) is 70.2 cm³/mol. The van der Waals surface area contributed by atoms with E-state index in [1.165, 1.54) is 11.1 Å². The summed E-state index contributed by atoms with van der Waals surface area (Å²) in [5, 5.41) is 0. The number of nitrogens with zero attached hydrogens (tertiary/aromatic N) is 1. The minimum Gasteiger partial charge on any atom is -0.256 e. The summed E-state index contributed by atoms with van der Waals surface area (Å²) in [6.45, 7) is 8.87. The second kappa shape index (κ2) is 3.89. The van der Waals surface area contributed by atoms with E-state index in [4.69, 9.17) is 0 Å². The Balaban J connectivity index is 2.59. The molecule has 1 aliphatic rings. The van der Waals surface area contributed by atoms with Gasteiger partial charge in [-0.05, 0) is 23.6 Å². The molecule has 0 radical (unpaired) electrons. The molecule has 0 spiro atoms. The van der Waals surface area contributed by atoms with Gasteiger partial charge in [0.05, 0.1) is 5.69 Å². The topological polar surface area (TPSA) is 12.9 Å². The zero-order valence-corrected chi connectivity index (χ0v) is 10.5. The van der Waals surface area contributed by atoms with Gasteiger partial charge in [-0.1, -0.05) is 45.9 Å². The molecule has 1 aromatic heterocycles. The van der Waals surface area contributed by atoms with Crippen LogP contribution in [0.4, 0.5) is 0 Å². The smallest absolute Gasteiger partial charge is 0.0701 e. The van der Waals surface area contributed by atoms with Crippen molar-refractivity contribution in [2.24, 2.45) is 5.41 Å². The highest BCUT2D eigenvalue weighted by atomic mass is 14.7. The Morgan fingerprint density at radius 3 is 2.50 bits per heavy atom. The van der Waals surface area contributed by atoms with Crippen molar-refractivity contribution in [2.75, 3.05) is 0 Å². The van der Waals surface area contributed by atoms with Crippen LogP contribution < -0.4 is 0 Å².